The summed E-state index contributed by atoms with van der Waals surface area (Å²) < 4.78 is 12.7. The van der Waals surface area contributed by atoms with Crippen LogP contribution in [-0.4, -0.2) is 37.1 Å². The van der Waals surface area contributed by atoms with Gasteiger partial charge in [0, 0.05) is 18.8 Å². The lowest BCUT2D eigenvalue weighted by Gasteiger charge is -2.18. The van der Waals surface area contributed by atoms with Crippen LogP contribution in [-0.2, 0) is 0 Å². The first-order chi connectivity index (χ1) is 8.65. The summed E-state index contributed by atoms with van der Waals surface area (Å²) in [5, 5.41) is 5.40. The van der Waals surface area contributed by atoms with Crippen LogP contribution in [0.3, 0.4) is 0 Å². The van der Waals surface area contributed by atoms with Gasteiger partial charge in [-0.15, -0.1) is 0 Å². The molecular formula is C13H20FN3O. The van der Waals surface area contributed by atoms with Gasteiger partial charge in [-0.1, -0.05) is 13.8 Å². The molecule has 100 valence electrons. The number of carbonyl (C=O) groups is 1. The molecule has 18 heavy (non-hydrogen) atoms. The van der Waals surface area contributed by atoms with E-state index in [0.29, 0.717) is 12.2 Å². The van der Waals surface area contributed by atoms with E-state index in [-0.39, 0.29) is 11.8 Å². The number of urea groups is 1. The Balaban J connectivity index is 2.27. The Hall–Kier alpha value is -1.62. The third kappa shape index (κ3) is 5.14. The second-order valence-corrected chi connectivity index (χ2v) is 3.91. The molecule has 1 aromatic carbocycles. The number of likely N-dealkylation sites (N-methyl/N-ethyl adjacent to an activating group) is 1. The minimum absolute atomic E-state index is 0.270. The minimum Gasteiger partial charge on any atom is -0.337 e. The number of hydrogen-bond donors (Lipinski definition) is 2. The van der Waals surface area contributed by atoms with Crippen LogP contribution in [0, 0.1) is 5.82 Å². The molecule has 0 heterocycles. The van der Waals surface area contributed by atoms with Crippen molar-refractivity contribution in [2.75, 3.05) is 31.5 Å². The monoisotopic (exact) mass is 253 g/mol. The number of hydrogen-bond acceptors (Lipinski definition) is 2. The summed E-state index contributed by atoms with van der Waals surface area (Å²) in [4.78, 5) is 13.7. The number of nitrogens with zero attached hydrogens (tertiary/aromatic N) is 1. The van der Waals surface area contributed by atoms with E-state index in [1.54, 1.807) is 0 Å². The van der Waals surface area contributed by atoms with Crippen LogP contribution in [0.5, 0.6) is 0 Å². The maximum absolute atomic E-state index is 12.7. The number of nitrogens with one attached hydrogen (secondary N) is 2. The average Bonchev–Trinajstić information content (AvgIpc) is 2.37. The zero-order valence-corrected chi connectivity index (χ0v) is 10.9. The molecule has 0 fully saturated rings. The Morgan fingerprint density at radius 1 is 1.22 bits per heavy atom. The molecule has 2 N–H and O–H groups in total. The molecule has 0 radical (unpaired) electrons. The molecule has 0 aliphatic carbocycles. The number of carbonyl (C=O) groups excluding carboxylic acids is 1. The number of rotatable bonds is 6. The predicted octanol–water partition coefficient (Wildman–Crippen LogP) is 2.29. The van der Waals surface area contributed by atoms with E-state index in [9.17, 15) is 9.18 Å². The first kappa shape index (κ1) is 14.4. The van der Waals surface area contributed by atoms with E-state index in [1.807, 2.05) is 0 Å². The van der Waals surface area contributed by atoms with Gasteiger partial charge in [0.2, 0.25) is 0 Å². The summed E-state index contributed by atoms with van der Waals surface area (Å²) in [5.41, 5.74) is 0.580. The highest BCUT2D eigenvalue weighted by Crippen LogP contribution is 2.07. The molecule has 0 saturated carbocycles. The first-order valence-electron chi connectivity index (χ1n) is 6.18. The number of halogens is 1. The molecule has 0 spiro atoms. The lowest BCUT2D eigenvalue weighted by molar-refractivity contribution is 0.248. The van der Waals surface area contributed by atoms with Crippen molar-refractivity contribution in [1.29, 1.82) is 0 Å². The lowest BCUT2D eigenvalue weighted by atomic mass is 10.3. The van der Waals surface area contributed by atoms with Gasteiger partial charge >= 0.3 is 6.03 Å². The first-order valence-corrected chi connectivity index (χ1v) is 6.18. The van der Waals surface area contributed by atoms with Crippen molar-refractivity contribution in [3.8, 4) is 0 Å². The zero-order valence-electron chi connectivity index (χ0n) is 10.9. The van der Waals surface area contributed by atoms with E-state index < -0.39 is 0 Å². The van der Waals surface area contributed by atoms with Gasteiger partial charge in [0.15, 0.2) is 0 Å². The van der Waals surface area contributed by atoms with Crippen LogP contribution in [0.2, 0.25) is 0 Å². The summed E-state index contributed by atoms with van der Waals surface area (Å²) in [6, 6.07) is 5.41. The SMILES string of the molecule is CCN(CC)CCNC(=O)Nc1ccc(F)cc1. The quantitative estimate of drug-likeness (QED) is 0.817. The predicted molar refractivity (Wildman–Crippen MR) is 71.2 cm³/mol. The van der Waals surface area contributed by atoms with Gasteiger partial charge in [0.05, 0.1) is 0 Å². The fourth-order valence-electron chi connectivity index (χ4n) is 1.58. The topological polar surface area (TPSA) is 44.4 Å². The van der Waals surface area contributed by atoms with Gasteiger partial charge in [-0.05, 0) is 37.4 Å². The minimum atomic E-state index is -0.317. The van der Waals surface area contributed by atoms with Gasteiger partial charge < -0.3 is 15.5 Å². The molecule has 1 rings (SSSR count). The van der Waals surface area contributed by atoms with Crippen molar-refractivity contribution in [2.45, 2.75) is 13.8 Å². The third-order valence-electron chi connectivity index (χ3n) is 2.71. The molecule has 1 aromatic rings. The summed E-state index contributed by atoms with van der Waals surface area (Å²) in [7, 11) is 0. The maximum atomic E-state index is 12.7. The molecule has 5 heteroatoms. The van der Waals surface area contributed by atoms with Crippen molar-refractivity contribution >= 4 is 11.7 Å². The fraction of sp³-hybridized carbons (Fsp3) is 0.462. The van der Waals surface area contributed by atoms with Crippen LogP contribution >= 0.6 is 0 Å². The number of amides is 2. The molecule has 0 saturated heterocycles. The number of anilines is 1. The van der Waals surface area contributed by atoms with E-state index in [1.165, 1.54) is 24.3 Å². The Morgan fingerprint density at radius 2 is 1.83 bits per heavy atom. The molecular weight excluding hydrogens is 233 g/mol. The van der Waals surface area contributed by atoms with Crippen molar-refractivity contribution in [1.82, 2.24) is 10.2 Å². The fourth-order valence-corrected chi connectivity index (χ4v) is 1.58. The molecule has 2 amide bonds. The zero-order chi connectivity index (χ0) is 13.4. The van der Waals surface area contributed by atoms with Gasteiger partial charge in [0.1, 0.15) is 5.82 Å². The molecule has 0 aliphatic heterocycles. The molecule has 0 bridgehead atoms. The average molecular weight is 253 g/mol. The van der Waals surface area contributed by atoms with Crippen LogP contribution in [0.25, 0.3) is 0 Å². The summed E-state index contributed by atoms with van der Waals surface area (Å²) in [5.74, 6) is -0.317. The molecule has 0 unspecified atom stereocenters. The van der Waals surface area contributed by atoms with Crippen LogP contribution in [0.1, 0.15) is 13.8 Å². The second kappa shape index (κ2) is 7.66. The molecule has 4 nitrogen and oxygen atoms in total. The van der Waals surface area contributed by atoms with Gasteiger partial charge in [-0.2, -0.15) is 0 Å². The Morgan fingerprint density at radius 3 is 2.39 bits per heavy atom. The van der Waals surface area contributed by atoms with Gasteiger partial charge in [-0.25, -0.2) is 9.18 Å². The number of benzene rings is 1. The van der Waals surface area contributed by atoms with Crippen molar-refractivity contribution in [2.24, 2.45) is 0 Å². The summed E-state index contributed by atoms with van der Waals surface area (Å²) in [6.07, 6.45) is 0. The van der Waals surface area contributed by atoms with Crippen molar-refractivity contribution in [3.63, 3.8) is 0 Å². The summed E-state index contributed by atoms with van der Waals surface area (Å²) >= 11 is 0. The maximum Gasteiger partial charge on any atom is 0.319 e. The van der Waals surface area contributed by atoms with Crippen LogP contribution < -0.4 is 10.6 Å². The lowest BCUT2D eigenvalue weighted by Crippen LogP contribution is -2.36. The third-order valence-corrected chi connectivity index (χ3v) is 2.71. The molecule has 0 atom stereocenters. The highest BCUT2D eigenvalue weighted by molar-refractivity contribution is 5.89. The largest absolute Gasteiger partial charge is 0.337 e. The normalized spacial score (nSPS) is 10.4. The van der Waals surface area contributed by atoms with E-state index in [4.69, 9.17) is 0 Å². The van der Waals surface area contributed by atoms with Gasteiger partial charge in [-0.3, -0.25) is 0 Å². The van der Waals surface area contributed by atoms with Crippen molar-refractivity contribution < 1.29 is 9.18 Å². The Kier molecular flexibility index (Phi) is 6.14. The summed E-state index contributed by atoms with van der Waals surface area (Å²) in [6.45, 7) is 7.53. The van der Waals surface area contributed by atoms with E-state index >= 15 is 0 Å². The highest BCUT2D eigenvalue weighted by atomic mass is 19.1. The van der Waals surface area contributed by atoms with Crippen LogP contribution in [0.4, 0.5) is 14.9 Å². The van der Waals surface area contributed by atoms with E-state index in [2.05, 4.69) is 29.4 Å². The standard InChI is InChI=1S/C13H20FN3O/c1-3-17(4-2)10-9-15-13(18)16-12-7-5-11(14)6-8-12/h5-8H,3-4,9-10H2,1-2H3,(H2,15,16,18). The van der Waals surface area contributed by atoms with Gasteiger partial charge in [0.25, 0.3) is 0 Å². The smallest absolute Gasteiger partial charge is 0.319 e. The molecule has 0 aliphatic rings. The van der Waals surface area contributed by atoms with Crippen LogP contribution in [0.15, 0.2) is 24.3 Å². The highest BCUT2D eigenvalue weighted by Gasteiger charge is 2.03. The second-order valence-electron chi connectivity index (χ2n) is 3.91. The Bertz CT molecular complexity index is 363. The van der Waals surface area contributed by atoms with Crippen molar-refractivity contribution in [3.05, 3.63) is 30.1 Å². The Labute approximate surface area is 107 Å². The molecule has 0 aromatic heterocycles. The van der Waals surface area contributed by atoms with E-state index in [0.717, 1.165) is 19.6 Å².